The molecule has 4 aromatic rings. The van der Waals surface area contributed by atoms with Crippen molar-refractivity contribution in [1.82, 2.24) is 24.9 Å². The molecule has 1 atom stereocenters. The molecular formula is C32H35N7. The molecule has 2 aromatic heterocycles. The topological polar surface area (TPSA) is 84.9 Å². The van der Waals surface area contributed by atoms with Crippen LogP contribution < -0.4 is 11.1 Å². The van der Waals surface area contributed by atoms with E-state index in [0.717, 1.165) is 54.3 Å². The molecule has 8 rings (SSSR count). The number of nitrogens with one attached hydrogen (secondary N) is 1. The molecule has 4 aliphatic rings. The van der Waals surface area contributed by atoms with Gasteiger partial charge in [0.25, 0.3) is 0 Å². The molecule has 39 heavy (non-hydrogen) atoms. The number of aromatic nitrogens is 4. The average Bonchev–Trinajstić information content (AvgIpc) is 3.71. The Morgan fingerprint density at radius 3 is 2.51 bits per heavy atom. The standard InChI is InChI=1S/C32H35N7/c33-28-18-29(37-39(28)30-17-24-6-3-5-22-4-1-2-7-27(22)31(24)36-35-30)34-25-11-8-21-9-12-26(13-10-23(21)16-25)38-19-32(20-38)14-15-32/h1-2,4,7-8,11,16-18,26H,3,5-6,9-10,12-15,19-20,33H2,(H,34,37)/t26-/m1/s1. The molecule has 7 heteroatoms. The molecule has 3 aliphatic carbocycles. The van der Waals surface area contributed by atoms with Gasteiger partial charge in [-0.05, 0) is 104 Å². The first-order chi connectivity index (χ1) is 19.1. The number of benzene rings is 2. The summed E-state index contributed by atoms with van der Waals surface area (Å²) in [6.07, 6.45) is 10.9. The number of nitrogen functional groups attached to an aromatic ring is 1. The smallest absolute Gasteiger partial charge is 0.178 e. The summed E-state index contributed by atoms with van der Waals surface area (Å²) >= 11 is 0. The van der Waals surface area contributed by atoms with Crippen molar-refractivity contribution in [2.75, 3.05) is 24.1 Å². The van der Waals surface area contributed by atoms with E-state index in [1.165, 1.54) is 73.0 Å². The zero-order chi connectivity index (χ0) is 26.0. The van der Waals surface area contributed by atoms with E-state index in [1.54, 1.807) is 4.68 Å². The van der Waals surface area contributed by atoms with Gasteiger partial charge in [0.05, 0.1) is 5.69 Å². The van der Waals surface area contributed by atoms with Crippen LogP contribution >= 0.6 is 0 Å². The number of aryl methyl sites for hydroxylation is 4. The van der Waals surface area contributed by atoms with E-state index in [4.69, 9.17) is 10.8 Å². The first-order valence-electron chi connectivity index (χ1n) is 14.6. The molecule has 198 valence electrons. The van der Waals surface area contributed by atoms with Gasteiger partial charge in [-0.2, -0.15) is 4.68 Å². The van der Waals surface area contributed by atoms with Gasteiger partial charge in [0.15, 0.2) is 11.6 Å². The highest BCUT2D eigenvalue weighted by Crippen LogP contribution is 2.54. The molecule has 1 aliphatic heterocycles. The lowest BCUT2D eigenvalue weighted by Gasteiger charge is -2.45. The van der Waals surface area contributed by atoms with E-state index in [0.29, 0.717) is 11.6 Å². The third-order valence-corrected chi connectivity index (χ3v) is 9.50. The number of hydrogen-bond acceptors (Lipinski definition) is 6. The Labute approximate surface area is 229 Å². The molecule has 1 saturated heterocycles. The van der Waals surface area contributed by atoms with Gasteiger partial charge >= 0.3 is 0 Å². The monoisotopic (exact) mass is 517 g/mol. The van der Waals surface area contributed by atoms with Crippen LogP contribution in [0.2, 0.25) is 0 Å². The number of fused-ring (bicyclic) bond motifs is 4. The zero-order valence-corrected chi connectivity index (χ0v) is 22.4. The molecule has 0 bridgehead atoms. The van der Waals surface area contributed by atoms with Crippen molar-refractivity contribution in [3.63, 3.8) is 0 Å². The van der Waals surface area contributed by atoms with Crippen LogP contribution in [0.4, 0.5) is 17.3 Å². The Morgan fingerprint density at radius 1 is 0.821 bits per heavy atom. The lowest BCUT2D eigenvalue weighted by atomic mass is 9.92. The van der Waals surface area contributed by atoms with Crippen LogP contribution in [0.1, 0.15) is 54.4 Å². The summed E-state index contributed by atoms with van der Waals surface area (Å²) in [5.41, 5.74) is 15.9. The van der Waals surface area contributed by atoms with Crippen molar-refractivity contribution in [1.29, 1.82) is 0 Å². The van der Waals surface area contributed by atoms with Gasteiger partial charge in [0, 0.05) is 36.4 Å². The molecular weight excluding hydrogens is 482 g/mol. The van der Waals surface area contributed by atoms with E-state index in [-0.39, 0.29) is 0 Å². The van der Waals surface area contributed by atoms with Gasteiger partial charge < -0.3 is 11.1 Å². The van der Waals surface area contributed by atoms with Crippen molar-refractivity contribution >= 4 is 17.3 Å². The number of anilines is 3. The van der Waals surface area contributed by atoms with Crippen LogP contribution in [0, 0.1) is 5.41 Å². The minimum Gasteiger partial charge on any atom is -0.383 e. The molecule has 1 saturated carbocycles. The van der Waals surface area contributed by atoms with Crippen molar-refractivity contribution < 1.29 is 0 Å². The Balaban J connectivity index is 1.00. The number of likely N-dealkylation sites (tertiary alicyclic amines) is 1. The van der Waals surface area contributed by atoms with E-state index in [9.17, 15) is 0 Å². The molecule has 2 aromatic carbocycles. The predicted molar refractivity (Wildman–Crippen MR) is 154 cm³/mol. The lowest BCUT2D eigenvalue weighted by molar-refractivity contribution is 0.0301. The number of hydrogen-bond donors (Lipinski definition) is 2. The fraction of sp³-hybridized carbons (Fsp3) is 0.406. The van der Waals surface area contributed by atoms with Crippen LogP contribution in [0.25, 0.3) is 17.1 Å². The van der Waals surface area contributed by atoms with Crippen LogP contribution in [0.5, 0.6) is 0 Å². The fourth-order valence-electron chi connectivity index (χ4n) is 7.07. The third kappa shape index (κ3) is 4.20. The number of nitrogens with zero attached hydrogens (tertiary/aromatic N) is 5. The summed E-state index contributed by atoms with van der Waals surface area (Å²) in [6, 6.07) is 20.0. The summed E-state index contributed by atoms with van der Waals surface area (Å²) in [6.45, 7) is 2.68. The highest BCUT2D eigenvalue weighted by molar-refractivity contribution is 5.68. The highest BCUT2D eigenvalue weighted by Gasteiger charge is 2.53. The van der Waals surface area contributed by atoms with E-state index < -0.39 is 0 Å². The van der Waals surface area contributed by atoms with Crippen molar-refractivity contribution in [2.45, 2.75) is 63.8 Å². The first-order valence-corrected chi connectivity index (χ1v) is 14.6. The van der Waals surface area contributed by atoms with E-state index >= 15 is 0 Å². The van der Waals surface area contributed by atoms with Crippen molar-refractivity contribution in [3.05, 3.63) is 76.9 Å². The number of nitrogens with two attached hydrogens (primary N) is 1. The van der Waals surface area contributed by atoms with Gasteiger partial charge in [-0.1, -0.05) is 30.3 Å². The van der Waals surface area contributed by atoms with Crippen LogP contribution in [0.3, 0.4) is 0 Å². The normalized spacial score (nSPS) is 21.2. The van der Waals surface area contributed by atoms with Gasteiger partial charge in [-0.15, -0.1) is 15.3 Å². The predicted octanol–water partition coefficient (Wildman–Crippen LogP) is 5.49. The van der Waals surface area contributed by atoms with E-state index in [2.05, 4.69) is 68.9 Å². The maximum absolute atomic E-state index is 6.42. The summed E-state index contributed by atoms with van der Waals surface area (Å²) in [4.78, 5) is 2.75. The fourth-order valence-corrected chi connectivity index (χ4v) is 7.07. The minimum absolute atomic E-state index is 0.543. The van der Waals surface area contributed by atoms with Gasteiger partial charge in [-0.3, -0.25) is 4.90 Å². The SMILES string of the molecule is Nc1cc(Nc2ccc3c(c2)CC[C@H](N2CC4(CC4)C2)CC3)nn1-c1cc2c(nn1)-c1ccccc1CCC2. The Bertz CT molecular complexity index is 1560. The molecule has 3 N–H and O–H groups in total. The molecule has 0 radical (unpaired) electrons. The molecule has 2 fully saturated rings. The maximum atomic E-state index is 6.42. The Morgan fingerprint density at radius 2 is 1.64 bits per heavy atom. The zero-order valence-electron chi connectivity index (χ0n) is 22.4. The second kappa shape index (κ2) is 8.91. The molecule has 1 spiro atoms. The molecule has 0 amide bonds. The Kier molecular flexibility index (Phi) is 5.30. The van der Waals surface area contributed by atoms with Crippen LogP contribution in [-0.4, -0.2) is 44.0 Å². The molecule has 0 unspecified atom stereocenters. The summed E-state index contributed by atoms with van der Waals surface area (Å²) in [5, 5.41) is 17.4. The van der Waals surface area contributed by atoms with E-state index in [1.807, 2.05) is 6.07 Å². The largest absolute Gasteiger partial charge is 0.383 e. The van der Waals surface area contributed by atoms with Crippen LogP contribution in [0.15, 0.2) is 54.6 Å². The number of rotatable bonds is 4. The summed E-state index contributed by atoms with van der Waals surface area (Å²) in [7, 11) is 0. The van der Waals surface area contributed by atoms with Crippen LogP contribution in [-0.2, 0) is 25.7 Å². The second-order valence-electron chi connectivity index (χ2n) is 12.2. The molecule has 3 heterocycles. The van der Waals surface area contributed by atoms with Gasteiger partial charge in [-0.25, -0.2) is 0 Å². The Hall–Kier alpha value is -3.71. The average molecular weight is 518 g/mol. The summed E-state index contributed by atoms with van der Waals surface area (Å²) in [5.74, 6) is 1.92. The molecule has 7 nitrogen and oxygen atoms in total. The first kappa shape index (κ1) is 23.2. The highest BCUT2D eigenvalue weighted by atomic mass is 15.4. The van der Waals surface area contributed by atoms with Gasteiger partial charge in [0.1, 0.15) is 5.82 Å². The second-order valence-corrected chi connectivity index (χ2v) is 12.2. The minimum atomic E-state index is 0.543. The lowest BCUT2D eigenvalue weighted by Crippen LogP contribution is -2.53. The quantitative estimate of drug-likeness (QED) is 0.349. The summed E-state index contributed by atoms with van der Waals surface area (Å²) < 4.78 is 1.69. The third-order valence-electron chi connectivity index (χ3n) is 9.50. The van der Waals surface area contributed by atoms with Crippen molar-refractivity contribution in [3.8, 4) is 17.1 Å². The maximum Gasteiger partial charge on any atom is 0.178 e. The van der Waals surface area contributed by atoms with Gasteiger partial charge in [0.2, 0.25) is 0 Å². The van der Waals surface area contributed by atoms with Crippen molar-refractivity contribution in [2.24, 2.45) is 5.41 Å².